The summed E-state index contributed by atoms with van der Waals surface area (Å²) in [6, 6.07) is 1.31. The smallest absolute Gasteiger partial charge is 0.286 e. The molecule has 1 unspecified atom stereocenters. The van der Waals surface area contributed by atoms with E-state index in [2.05, 4.69) is 13.5 Å². The van der Waals surface area contributed by atoms with E-state index in [1.54, 1.807) is 0 Å². The fraction of sp³-hybridized carbons (Fsp3) is 1.00. The Balaban J connectivity index is 3.10. The molecule has 0 rings (SSSR count). The van der Waals surface area contributed by atoms with Crippen molar-refractivity contribution in [3.8, 4) is 0 Å². The second kappa shape index (κ2) is 19.0. The normalized spacial score (nSPS) is 14.6. The van der Waals surface area contributed by atoms with Crippen LogP contribution < -0.4 is 0 Å². The number of hydrogen-bond acceptors (Lipinski definition) is 4. The molecule has 0 saturated heterocycles. The van der Waals surface area contributed by atoms with Gasteiger partial charge < -0.3 is 16.5 Å². The SMILES string of the molecule is CCCCCCCCCCC[SiH](C)O[SiH2]O[SiH2]O[SiH2]O[SiH3]. The van der Waals surface area contributed by atoms with Crippen molar-refractivity contribution in [2.24, 2.45) is 0 Å². The minimum Gasteiger partial charge on any atom is -0.449 e. The molecule has 0 N–H and O–H groups in total. The fourth-order valence-electron chi connectivity index (χ4n) is 2.20. The Hall–Kier alpha value is 0.924. The van der Waals surface area contributed by atoms with Gasteiger partial charge in [-0.15, -0.1) is 0 Å². The maximum absolute atomic E-state index is 5.89. The largest absolute Gasteiger partial charge is 0.449 e. The molecule has 0 fully saturated rings. The van der Waals surface area contributed by atoms with Gasteiger partial charge in [0.25, 0.3) is 30.0 Å². The number of rotatable bonds is 17. The van der Waals surface area contributed by atoms with E-state index in [4.69, 9.17) is 16.5 Å². The van der Waals surface area contributed by atoms with Gasteiger partial charge in [-0.1, -0.05) is 64.7 Å². The molecule has 4 nitrogen and oxygen atoms in total. The first-order valence-electron chi connectivity index (χ1n) is 8.57. The molecular weight excluding hydrogens is 349 g/mol. The van der Waals surface area contributed by atoms with Gasteiger partial charge in [-0.3, -0.25) is 0 Å². The molecule has 0 bridgehead atoms. The van der Waals surface area contributed by atoms with Crippen molar-refractivity contribution in [3.63, 3.8) is 0 Å². The lowest BCUT2D eigenvalue weighted by molar-refractivity contribution is 0.403. The second-order valence-corrected chi connectivity index (χ2v) is 15.5. The summed E-state index contributed by atoms with van der Waals surface area (Å²) in [4.78, 5) is 0. The molecule has 0 heterocycles. The molecule has 0 aromatic carbocycles. The van der Waals surface area contributed by atoms with E-state index < -0.39 is 39.1 Å². The third-order valence-electron chi connectivity index (χ3n) is 3.52. The first-order chi connectivity index (χ1) is 10.3. The zero-order valence-electron chi connectivity index (χ0n) is 14.4. The summed E-state index contributed by atoms with van der Waals surface area (Å²) in [5.41, 5.74) is 0. The Kier molecular flexibility index (Phi) is 19.8. The number of unbranched alkanes of at least 4 members (excludes halogenated alkanes) is 8. The van der Waals surface area contributed by atoms with Gasteiger partial charge in [0.1, 0.15) is 10.5 Å². The first kappa shape index (κ1) is 21.9. The van der Waals surface area contributed by atoms with Crippen molar-refractivity contribution in [3.05, 3.63) is 0 Å². The third-order valence-corrected chi connectivity index (χ3v) is 11.2. The molecule has 1 atom stereocenters. The van der Waals surface area contributed by atoms with Gasteiger partial charge in [0.15, 0.2) is 9.04 Å². The summed E-state index contributed by atoms with van der Waals surface area (Å²) in [7, 11) is -2.33. The third kappa shape index (κ3) is 18.9. The predicted octanol–water partition coefficient (Wildman–Crippen LogP) is 0.214. The first-order valence-corrected chi connectivity index (χ1v) is 15.3. The molecule has 0 aromatic heterocycles. The molecule has 0 aliphatic heterocycles. The zero-order chi connectivity index (χ0) is 15.6. The van der Waals surface area contributed by atoms with E-state index in [1.165, 1.54) is 63.8 Å². The van der Waals surface area contributed by atoms with Crippen LogP contribution in [0.4, 0.5) is 0 Å². The second-order valence-electron chi connectivity index (χ2n) is 5.64. The predicted molar refractivity (Wildman–Crippen MR) is 105 cm³/mol. The minimum atomic E-state index is -0.945. The standard InChI is InChI=1S/C12H36O4Si5/c1-3-4-5-6-7-8-9-10-11-12-21(2)16-20-15-19-14-18-13-17/h21H,3-12,18-20H2,1-2,17H3. The van der Waals surface area contributed by atoms with Crippen LogP contribution in [-0.4, -0.2) is 49.5 Å². The summed E-state index contributed by atoms with van der Waals surface area (Å²) >= 11 is 0. The molecule has 9 heteroatoms. The van der Waals surface area contributed by atoms with Crippen molar-refractivity contribution >= 4 is 49.5 Å². The van der Waals surface area contributed by atoms with Crippen LogP contribution in [0, 0.1) is 0 Å². The van der Waals surface area contributed by atoms with E-state index >= 15 is 0 Å². The van der Waals surface area contributed by atoms with E-state index in [-0.39, 0.29) is 0 Å². The Labute approximate surface area is 143 Å². The summed E-state index contributed by atoms with van der Waals surface area (Å²) < 4.78 is 21.9. The van der Waals surface area contributed by atoms with Crippen molar-refractivity contribution in [1.82, 2.24) is 0 Å². The molecule has 0 aliphatic rings. The Morgan fingerprint density at radius 3 is 2.00 bits per heavy atom. The van der Waals surface area contributed by atoms with Crippen molar-refractivity contribution in [2.75, 3.05) is 0 Å². The van der Waals surface area contributed by atoms with Gasteiger partial charge in [-0.25, -0.2) is 0 Å². The molecule has 0 saturated carbocycles. The molecule has 0 aromatic rings. The maximum atomic E-state index is 5.89. The molecule has 128 valence electrons. The van der Waals surface area contributed by atoms with E-state index in [0.29, 0.717) is 0 Å². The van der Waals surface area contributed by atoms with Gasteiger partial charge in [0.2, 0.25) is 0 Å². The molecule has 21 heavy (non-hydrogen) atoms. The average Bonchev–Trinajstić information content (AvgIpc) is 2.49. The van der Waals surface area contributed by atoms with Gasteiger partial charge in [0.05, 0.1) is 0 Å². The fourth-order valence-corrected chi connectivity index (χ4v) is 10.2. The van der Waals surface area contributed by atoms with Crippen molar-refractivity contribution in [1.29, 1.82) is 0 Å². The summed E-state index contributed by atoms with van der Waals surface area (Å²) in [6.07, 6.45) is 12.6. The highest BCUT2D eigenvalue weighted by Crippen LogP contribution is 2.11. The summed E-state index contributed by atoms with van der Waals surface area (Å²) in [6.45, 7) is 4.58. The van der Waals surface area contributed by atoms with Crippen LogP contribution in [0.5, 0.6) is 0 Å². The van der Waals surface area contributed by atoms with E-state index in [9.17, 15) is 0 Å². The van der Waals surface area contributed by atoms with E-state index in [1.807, 2.05) is 0 Å². The highest BCUT2D eigenvalue weighted by atomic mass is 28.4. The molecule has 0 amide bonds. The monoisotopic (exact) mass is 384 g/mol. The average molecular weight is 385 g/mol. The van der Waals surface area contributed by atoms with Crippen LogP contribution in [0.2, 0.25) is 12.6 Å². The van der Waals surface area contributed by atoms with Crippen LogP contribution in [-0.2, 0) is 16.5 Å². The Bertz CT molecular complexity index is 202. The van der Waals surface area contributed by atoms with Gasteiger partial charge in [-0.05, 0) is 12.6 Å². The van der Waals surface area contributed by atoms with Crippen LogP contribution in [0.15, 0.2) is 0 Å². The summed E-state index contributed by atoms with van der Waals surface area (Å²) in [5, 5.41) is 0. The quantitative estimate of drug-likeness (QED) is 0.265. The highest BCUT2D eigenvalue weighted by Gasteiger charge is 2.04. The lowest BCUT2D eigenvalue weighted by Crippen LogP contribution is -2.21. The van der Waals surface area contributed by atoms with Crippen LogP contribution in [0.1, 0.15) is 64.7 Å². The highest BCUT2D eigenvalue weighted by molar-refractivity contribution is 6.57. The van der Waals surface area contributed by atoms with Gasteiger partial charge >= 0.3 is 0 Å². The van der Waals surface area contributed by atoms with Crippen molar-refractivity contribution in [2.45, 2.75) is 77.3 Å². The topological polar surface area (TPSA) is 36.9 Å². The Morgan fingerprint density at radius 2 is 1.38 bits per heavy atom. The van der Waals surface area contributed by atoms with Crippen molar-refractivity contribution < 1.29 is 16.5 Å². The van der Waals surface area contributed by atoms with Crippen LogP contribution in [0.25, 0.3) is 0 Å². The van der Waals surface area contributed by atoms with Gasteiger partial charge in [0, 0.05) is 0 Å². The number of hydrogen-bond donors (Lipinski definition) is 0. The minimum absolute atomic E-state index is 0.678. The van der Waals surface area contributed by atoms with E-state index in [0.717, 1.165) is 10.5 Å². The summed E-state index contributed by atoms with van der Waals surface area (Å²) in [5.74, 6) is 0. The molecular formula is C12H36O4Si5. The molecule has 0 radical (unpaired) electrons. The Morgan fingerprint density at radius 1 is 0.810 bits per heavy atom. The molecule has 0 spiro atoms. The van der Waals surface area contributed by atoms with Crippen LogP contribution >= 0.6 is 0 Å². The molecule has 0 aliphatic carbocycles. The zero-order valence-corrected chi connectivity index (χ0v) is 21.8. The van der Waals surface area contributed by atoms with Crippen LogP contribution in [0.3, 0.4) is 0 Å². The lowest BCUT2D eigenvalue weighted by atomic mass is 10.1. The van der Waals surface area contributed by atoms with Gasteiger partial charge in [-0.2, -0.15) is 0 Å². The lowest BCUT2D eigenvalue weighted by Gasteiger charge is -2.12. The maximum Gasteiger partial charge on any atom is 0.286 e.